The van der Waals surface area contributed by atoms with Crippen LogP contribution in [0.3, 0.4) is 0 Å². The summed E-state index contributed by atoms with van der Waals surface area (Å²) in [5, 5.41) is 8.67. The van der Waals surface area contributed by atoms with E-state index >= 15 is 0 Å². The number of unbranched alkanes of at least 4 members (excludes halogenated alkanes) is 5. The molecule has 0 bridgehead atoms. The van der Waals surface area contributed by atoms with E-state index in [2.05, 4.69) is 0 Å². The molecule has 0 aromatic carbocycles. The van der Waals surface area contributed by atoms with Gasteiger partial charge in [-0.3, -0.25) is 4.79 Å². The van der Waals surface area contributed by atoms with Crippen molar-refractivity contribution in [3.63, 3.8) is 0 Å². The summed E-state index contributed by atoms with van der Waals surface area (Å²) in [5.41, 5.74) is 0. The smallest absolute Gasteiger partial charge is 0.219 e. The number of likely N-dealkylation sites (tertiary alicyclic amines) is 1. The Balaban J connectivity index is 1.93. The molecule has 0 radical (unpaired) electrons. The number of piperidine rings is 1. The van der Waals surface area contributed by atoms with E-state index < -0.39 is 0 Å². The van der Waals surface area contributed by atoms with Crippen molar-refractivity contribution in [3.8, 4) is 0 Å². The van der Waals surface area contributed by atoms with E-state index in [1.54, 1.807) is 6.92 Å². The van der Waals surface area contributed by atoms with E-state index in [9.17, 15) is 4.79 Å². The molecule has 3 heteroatoms. The maximum Gasteiger partial charge on any atom is 0.219 e. The fourth-order valence-corrected chi connectivity index (χ4v) is 2.79. The molecule has 106 valence electrons. The van der Waals surface area contributed by atoms with E-state index in [4.69, 9.17) is 5.11 Å². The molecule has 0 unspecified atom stereocenters. The fraction of sp³-hybridized carbons (Fsp3) is 0.933. The molecule has 1 fully saturated rings. The maximum atomic E-state index is 11.2. The SMILES string of the molecule is CC(=O)N1CCC(CCCCCCCCO)CC1. The molecule has 1 saturated heterocycles. The molecule has 1 rings (SSSR count). The first-order valence-corrected chi connectivity index (χ1v) is 7.60. The molecule has 0 saturated carbocycles. The van der Waals surface area contributed by atoms with Crippen LogP contribution in [-0.2, 0) is 4.79 Å². The van der Waals surface area contributed by atoms with Crippen LogP contribution in [0.4, 0.5) is 0 Å². The predicted molar refractivity (Wildman–Crippen MR) is 74.4 cm³/mol. The summed E-state index contributed by atoms with van der Waals surface area (Å²) >= 11 is 0. The van der Waals surface area contributed by atoms with Crippen LogP contribution >= 0.6 is 0 Å². The summed E-state index contributed by atoms with van der Waals surface area (Å²) in [5.74, 6) is 1.08. The normalized spacial score (nSPS) is 17.1. The second kappa shape index (κ2) is 9.37. The van der Waals surface area contributed by atoms with E-state index in [1.165, 1.54) is 51.4 Å². The monoisotopic (exact) mass is 255 g/mol. The summed E-state index contributed by atoms with van der Waals surface area (Å²) in [4.78, 5) is 13.2. The first kappa shape index (κ1) is 15.5. The van der Waals surface area contributed by atoms with E-state index in [0.29, 0.717) is 6.61 Å². The molecule has 0 spiro atoms. The van der Waals surface area contributed by atoms with Crippen molar-refractivity contribution in [2.45, 2.75) is 64.7 Å². The molecule has 0 aliphatic carbocycles. The van der Waals surface area contributed by atoms with Crippen molar-refractivity contribution >= 4 is 5.91 Å². The van der Waals surface area contributed by atoms with Gasteiger partial charge in [0.05, 0.1) is 0 Å². The lowest BCUT2D eigenvalue weighted by atomic mass is 9.91. The Morgan fingerprint density at radius 3 is 2.17 bits per heavy atom. The molecule has 1 aliphatic heterocycles. The van der Waals surface area contributed by atoms with E-state index in [-0.39, 0.29) is 5.91 Å². The standard InChI is InChI=1S/C15H29NO2/c1-14(18)16-11-9-15(10-12-16)8-6-4-2-3-5-7-13-17/h15,17H,2-13H2,1H3. The minimum Gasteiger partial charge on any atom is -0.396 e. The number of hydrogen-bond acceptors (Lipinski definition) is 2. The topological polar surface area (TPSA) is 40.5 Å². The van der Waals surface area contributed by atoms with Gasteiger partial charge in [-0.05, 0) is 25.2 Å². The zero-order valence-corrected chi connectivity index (χ0v) is 11.9. The molecular formula is C15H29NO2. The highest BCUT2D eigenvalue weighted by molar-refractivity contribution is 5.73. The third kappa shape index (κ3) is 6.39. The Kier molecular flexibility index (Phi) is 8.06. The summed E-state index contributed by atoms with van der Waals surface area (Å²) in [6, 6.07) is 0. The summed E-state index contributed by atoms with van der Waals surface area (Å²) < 4.78 is 0. The summed E-state index contributed by atoms with van der Waals surface area (Å²) in [7, 11) is 0. The second-order valence-corrected chi connectivity index (χ2v) is 5.58. The van der Waals surface area contributed by atoms with E-state index in [1.807, 2.05) is 4.90 Å². The average Bonchev–Trinajstić information content (AvgIpc) is 2.38. The van der Waals surface area contributed by atoms with Gasteiger partial charge in [0.25, 0.3) is 0 Å². The van der Waals surface area contributed by atoms with Crippen molar-refractivity contribution in [2.75, 3.05) is 19.7 Å². The number of hydrogen-bond donors (Lipinski definition) is 1. The van der Waals surface area contributed by atoms with Gasteiger partial charge in [-0.2, -0.15) is 0 Å². The lowest BCUT2D eigenvalue weighted by molar-refractivity contribution is -0.130. The highest BCUT2D eigenvalue weighted by Gasteiger charge is 2.19. The minimum atomic E-state index is 0.234. The average molecular weight is 255 g/mol. The van der Waals surface area contributed by atoms with Crippen LogP contribution in [0.15, 0.2) is 0 Å². The molecule has 0 aromatic heterocycles. The lowest BCUT2D eigenvalue weighted by Crippen LogP contribution is -2.36. The first-order chi connectivity index (χ1) is 8.74. The lowest BCUT2D eigenvalue weighted by Gasteiger charge is -2.31. The number of nitrogens with zero attached hydrogens (tertiary/aromatic N) is 1. The van der Waals surface area contributed by atoms with Gasteiger partial charge in [0.1, 0.15) is 0 Å². The minimum absolute atomic E-state index is 0.234. The van der Waals surface area contributed by atoms with Crippen LogP contribution in [0.25, 0.3) is 0 Å². The molecule has 1 heterocycles. The van der Waals surface area contributed by atoms with Gasteiger partial charge in [-0.25, -0.2) is 0 Å². The fourth-order valence-electron chi connectivity index (χ4n) is 2.79. The zero-order valence-electron chi connectivity index (χ0n) is 11.9. The first-order valence-electron chi connectivity index (χ1n) is 7.60. The number of aliphatic hydroxyl groups is 1. The van der Waals surface area contributed by atoms with Crippen LogP contribution in [0.2, 0.25) is 0 Å². The van der Waals surface area contributed by atoms with Gasteiger partial charge >= 0.3 is 0 Å². The number of rotatable bonds is 8. The molecule has 1 N–H and O–H groups in total. The molecule has 18 heavy (non-hydrogen) atoms. The summed E-state index contributed by atoms with van der Waals surface area (Å²) in [6.07, 6.45) is 11.1. The summed E-state index contributed by atoms with van der Waals surface area (Å²) in [6.45, 7) is 3.95. The Bertz CT molecular complexity index is 223. The van der Waals surface area contributed by atoms with Crippen molar-refractivity contribution < 1.29 is 9.90 Å². The van der Waals surface area contributed by atoms with Gasteiger partial charge in [-0.1, -0.05) is 38.5 Å². The number of aliphatic hydroxyl groups excluding tert-OH is 1. The van der Waals surface area contributed by atoms with Crippen LogP contribution in [0.5, 0.6) is 0 Å². The largest absolute Gasteiger partial charge is 0.396 e. The number of carbonyl (C=O) groups is 1. The molecule has 3 nitrogen and oxygen atoms in total. The van der Waals surface area contributed by atoms with Crippen LogP contribution in [0, 0.1) is 5.92 Å². The van der Waals surface area contributed by atoms with Crippen molar-refractivity contribution in [1.82, 2.24) is 4.90 Å². The third-order valence-corrected chi connectivity index (χ3v) is 4.08. The second-order valence-electron chi connectivity index (χ2n) is 5.58. The Hall–Kier alpha value is -0.570. The Labute approximate surface area is 112 Å². The Morgan fingerprint density at radius 2 is 1.61 bits per heavy atom. The van der Waals surface area contributed by atoms with Crippen LogP contribution in [-0.4, -0.2) is 35.6 Å². The molecule has 0 atom stereocenters. The molecule has 1 aliphatic rings. The molecule has 0 aromatic rings. The van der Waals surface area contributed by atoms with Crippen molar-refractivity contribution in [3.05, 3.63) is 0 Å². The third-order valence-electron chi connectivity index (χ3n) is 4.08. The van der Waals surface area contributed by atoms with Gasteiger partial charge < -0.3 is 10.0 Å². The van der Waals surface area contributed by atoms with Crippen molar-refractivity contribution in [2.24, 2.45) is 5.92 Å². The molecular weight excluding hydrogens is 226 g/mol. The van der Waals surface area contributed by atoms with Gasteiger partial charge in [-0.15, -0.1) is 0 Å². The van der Waals surface area contributed by atoms with E-state index in [0.717, 1.165) is 25.4 Å². The Morgan fingerprint density at radius 1 is 1.06 bits per heavy atom. The van der Waals surface area contributed by atoms with Crippen LogP contribution in [0.1, 0.15) is 64.7 Å². The van der Waals surface area contributed by atoms with Gasteiger partial charge in [0.15, 0.2) is 0 Å². The van der Waals surface area contributed by atoms with Gasteiger partial charge in [0, 0.05) is 26.6 Å². The molecule has 1 amide bonds. The highest BCUT2D eigenvalue weighted by Crippen LogP contribution is 2.23. The maximum absolute atomic E-state index is 11.2. The highest BCUT2D eigenvalue weighted by atomic mass is 16.2. The van der Waals surface area contributed by atoms with Crippen LogP contribution < -0.4 is 0 Å². The zero-order chi connectivity index (χ0) is 13.2. The quantitative estimate of drug-likeness (QED) is 0.677. The predicted octanol–water partition coefficient (Wildman–Crippen LogP) is 2.97. The van der Waals surface area contributed by atoms with Crippen molar-refractivity contribution in [1.29, 1.82) is 0 Å². The van der Waals surface area contributed by atoms with Gasteiger partial charge in [0.2, 0.25) is 5.91 Å². The number of carbonyl (C=O) groups excluding carboxylic acids is 1. The number of amides is 1.